The van der Waals surface area contributed by atoms with Gasteiger partial charge in [0.05, 0.1) is 9.95 Å². The number of hydrogen-bond acceptors (Lipinski definition) is 3. The topological polar surface area (TPSA) is 63.4 Å². The lowest BCUT2D eigenvalue weighted by Crippen LogP contribution is -2.36. The van der Waals surface area contributed by atoms with E-state index in [0.29, 0.717) is 11.9 Å². The second-order valence-electron chi connectivity index (χ2n) is 4.34. The number of carbonyl (C=O) groups is 1. The van der Waals surface area contributed by atoms with Gasteiger partial charge < -0.3 is 4.90 Å². The van der Waals surface area contributed by atoms with Crippen LogP contribution in [0, 0.1) is 10.1 Å². The van der Waals surface area contributed by atoms with Crippen LogP contribution in [0.25, 0.3) is 0 Å². The van der Waals surface area contributed by atoms with Crippen LogP contribution in [0.2, 0.25) is 5.02 Å². The third-order valence-electron chi connectivity index (χ3n) is 3.22. The Bertz CT molecular complexity index is 524. The number of rotatable bonds is 3. The summed E-state index contributed by atoms with van der Waals surface area (Å²) >= 11 is 9.34. The Morgan fingerprint density at radius 1 is 1.58 bits per heavy atom. The Morgan fingerprint density at radius 2 is 2.32 bits per heavy atom. The maximum atomic E-state index is 12.5. The lowest BCUT2D eigenvalue weighted by Gasteiger charge is -2.23. The molecule has 1 aliphatic heterocycles. The fraction of sp³-hybridized carbons (Fsp3) is 0.417. The highest BCUT2D eigenvalue weighted by Crippen LogP contribution is 2.30. The molecule has 0 saturated carbocycles. The van der Waals surface area contributed by atoms with Crippen molar-refractivity contribution in [2.24, 2.45) is 0 Å². The van der Waals surface area contributed by atoms with Gasteiger partial charge in [0.2, 0.25) is 0 Å². The Hall–Kier alpha value is -1.14. The van der Waals surface area contributed by atoms with Crippen molar-refractivity contribution in [2.45, 2.75) is 18.9 Å². The molecular weight excluding hydrogens is 336 g/mol. The fourth-order valence-corrected chi connectivity index (χ4v) is 3.21. The minimum Gasteiger partial charge on any atom is -0.335 e. The number of nitro benzene ring substituents is 1. The summed E-state index contributed by atoms with van der Waals surface area (Å²) < 4.78 is 0. The minimum atomic E-state index is -0.571. The molecule has 102 valence electrons. The molecule has 0 N–H and O–H groups in total. The normalized spacial score (nSPS) is 18.6. The van der Waals surface area contributed by atoms with Crippen LogP contribution < -0.4 is 0 Å². The predicted octanol–water partition coefficient (Wildman–Crippen LogP) is 3.25. The molecular formula is C12H12BrClN2O3. The zero-order valence-corrected chi connectivity index (χ0v) is 12.4. The molecule has 0 bridgehead atoms. The largest absolute Gasteiger partial charge is 0.335 e. The van der Waals surface area contributed by atoms with E-state index in [0.717, 1.165) is 12.8 Å². The summed E-state index contributed by atoms with van der Waals surface area (Å²) in [5.74, 6) is -0.362. The van der Waals surface area contributed by atoms with Gasteiger partial charge in [-0.2, -0.15) is 0 Å². The number of carbonyl (C=O) groups excluding carboxylic acids is 1. The molecule has 2 rings (SSSR count). The highest BCUT2D eigenvalue weighted by Gasteiger charge is 2.33. The zero-order chi connectivity index (χ0) is 14.0. The Kier molecular flexibility index (Phi) is 4.42. The van der Waals surface area contributed by atoms with Crippen LogP contribution in [-0.2, 0) is 0 Å². The summed E-state index contributed by atoms with van der Waals surface area (Å²) in [6.07, 6.45) is 1.80. The highest BCUT2D eigenvalue weighted by molar-refractivity contribution is 9.09. The van der Waals surface area contributed by atoms with Gasteiger partial charge >= 0.3 is 0 Å². The first-order chi connectivity index (χ1) is 9.06. The van der Waals surface area contributed by atoms with Crippen LogP contribution in [0.4, 0.5) is 5.69 Å². The summed E-state index contributed by atoms with van der Waals surface area (Å²) in [6.45, 7) is 0.609. The molecule has 5 nitrogen and oxygen atoms in total. The van der Waals surface area contributed by atoms with Gasteiger partial charge in [0, 0.05) is 24.0 Å². The first-order valence-electron chi connectivity index (χ1n) is 5.86. The fourth-order valence-electron chi connectivity index (χ4n) is 2.28. The van der Waals surface area contributed by atoms with Gasteiger partial charge in [-0.1, -0.05) is 33.6 Å². The molecule has 0 aliphatic carbocycles. The van der Waals surface area contributed by atoms with Crippen molar-refractivity contribution in [3.05, 3.63) is 38.9 Å². The number of nitro groups is 1. The molecule has 1 atom stereocenters. The molecule has 1 heterocycles. The third-order valence-corrected chi connectivity index (χ3v) is 4.28. The molecule has 19 heavy (non-hydrogen) atoms. The van der Waals surface area contributed by atoms with E-state index in [1.807, 2.05) is 0 Å². The van der Waals surface area contributed by atoms with Crippen LogP contribution in [0.15, 0.2) is 18.2 Å². The van der Waals surface area contributed by atoms with Crippen molar-refractivity contribution in [3.63, 3.8) is 0 Å². The van der Waals surface area contributed by atoms with Crippen molar-refractivity contribution in [3.8, 4) is 0 Å². The third kappa shape index (κ3) is 2.74. The van der Waals surface area contributed by atoms with E-state index in [4.69, 9.17) is 11.6 Å². The quantitative estimate of drug-likeness (QED) is 0.479. The van der Waals surface area contributed by atoms with Crippen LogP contribution in [0.3, 0.4) is 0 Å². The zero-order valence-electron chi connectivity index (χ0n) is 10.0. The molecule has 1 amide bonds. The van der Waals surface area contributed by atoms with Crippen LogP contribution in [-0.4, -0.2) is 33.6 Å². The number of likely N-dealkylation sites (tertiary alicyclic amines) is 1. The predicted molar refractivity (Wildman–Crippen MR) is 76.0 cm³/mol. The maximum absolute atomic E-state index is 12.5. The lowest BCUT2D eigenvalue weighted by atomic mass is 10.1. The molecule has 0 aromatic heterocycles. The Balaban J connectivity index is 2.41. The van der Waals surface area contributed by atoms with Crippen LogP contribution in [0.5, 0.6) is 0 Å². The highest BCUT2D eigenvalue weighted by atomic mass is 79.9. The number of benzene rings is 1. The summed E-state index contributed by atoms with van der Waals surface area (Å²) in [5, 5.41) is 11.8. The van der Waals surface area contributed by atoms with E-state index in [-0.39, 0.29) is 28.2 Å². The van der Waals surface area contributed by atoms with Gasteiger partial charge in [-0.3, -0.25) is 14.9 Å². The smallest absolute Gasteiger partial charge is 0.283 e. The molecule has 1 aromatic rings. The van der Waals surface area contributed by atoms with Crippen LogP contribution >= 0.6 is 27.5 Å². The summed E-state index contributed by atoms with van der Waals surface area (Å²) in [6, 6.07) is 4.35. The summed E-state index contributed by atoms with van der Waals surface area (Å²) in [7, 11) is 0. The van der Waals surface area contributed by atoms with Crippen molar-refractivity contribution < 1.29 is 9.72 Å². The van der Waals surface area contributed by atoms with Gasteiger partial charge in [-0.15, -0.1) is 0 Å². The first-order valence-corrected chi connectivity index (χ1v) is 7.36. The molecule has 1 aliphatic rings. The van der Waals surface area contributed by atoms with Crippen LogP contribution in [0.1, 0.15) is 23.2 Å². The second-order valence-corrected chi connectivity index (χ2v) is 5.39. The van der Waals surface area contributed by atoms with E-state index >= 15 is 0 Å². The van der Waals surface area contributed by atoms with E-state index in [2.05, 4.69) is 15.9 Å². The average Bonchev–Trinajstić information content (AvgIpc) is 2.85. The standard InChI is InChI=1S/C12H12BrClN2O3/c13-7-8-3-2-6-15(8)12(17)11-9(14)4-1-5-10(11)16(18)19/h1,4-5,8H,2-3,6-7H2. The molecule has 7 heteroatoms. The van der Waals surface area contributed by atoms with Gasteiger partial charge in [0.1, 0.15) is 5.56 Å². The monoisotopic (exact) mass is 346 g/mol. The van der Waals surface area contributed by atoms with Gasteiger partial charge in [-0.25, -0.2) is 0 Å². The molecule has 0 radical (unpaired) electrons. The van der Waals surface area contributed by atoms with Crippen molar-refractivity contribution in [1.29, 1.82) is 0 Å². The van der Waals surface area contributed by atoms with Gasteiger partial charge in [0.15, 0.2) is 0 Å². The van der Waals surface area contributed by atoms with E-state index in [1.165, 1.54) is 18.2 Å². The first kappa shape index (κ1) is 14.3. The molecule has 1 unspecified atom stereocenters. The SMILES string of the molecule is O=C(c1c(Cl)cccc1[N+](=O)[O-])N1CCCC1CBr. The number of halogens is 2. The van der Waals surface area contributed by atoms with Crippen molar-refractivity contribution >= 4 is 39.1 Å². The number of alkyl halides is 1. The van der Waals surface area contributed by atoms with E-state index in [9.17, 15) is 14.9 Å². The Morgan fingerprint density at radius 3 is 2.95 bits per heavy atom. The second kappa shape index (κ2) is 5.88. The number of nitrogens with zero attached hydrogens (tertiary/aromatic N) is 2. The molecule has 1 saturated heterocycles. The summed E-state index contributed by atoms with van der Waals surface area (Å²) in [5.41, 5.74) is -0.250. The average molecular weight is 348 g/mol. The summed E-state index contributed by atoms with van der Waals surface area (Å²) in [4.78, 5) is 24.6. The van der Waals surface area contributed by atoms with Crippen molar-refractivity contribution in [1.82, 2.24) is 4.90 Å². The molecule has 1 aromatic carbocycles. The van der Waals surface area contributed by atoms with Gasteiger partial charge in [0.25, 0.3) is 11.6 Å². The van der Waals surface area contributed by atoms with E-state index < -0.39 is 4.92 Å². The minimum absolute atomic E-state index is 0.0120. The van der Waals surface area contributed by atoms with E-state index in [1.54, 1.807) is 4.90 Å². The number of amides is 1. The van der Waals surface area contributed by atoms with Gasteiger partial charge in [-0.05, 0) is 18.9 Å². The lowest BCUT2D eigenvalue weighted by molar-refractivity contribution is -0.385. The Labute approximate surface area is 123 Å². The maximum Gasteiger partial charge on any atom is 0.283 e. The molecule has 0 spiro atoms. The number of hydrogen-bond donors (Lipinski definition) is 0. The molecule has 1 fully saturated rings. The van der Waals surface area contributed by atoms with Crippen molar-refractivity contribution in [2.75, 3.05) is 11.9 Å².